The molecule has 1 aromatic carbocycles. The van der Waals surface area contributed by atoms with Gasteiger partial charge in [-0.15, -0.1) is 5.10 Å². The second-order valence-corrected chi connectivity index (χ2v) is 10.7. The van der Waals surface area contributed by atoms with E-state index in [9.17, 15) is 23.1 Å². The monoisotopic (exact) mass is 555 g/mol. The van der Waals surface area contributed by atoms with Crippen LogP contribution < -0.4 is 10.6 Å². The Morgan fingerprint density at radius 3 is 2.67 bits per heavy atom. The van der Waals surface area contributed by atoms with E-state index in [2.05, 4.69) is 38.4 Å². The lowest BCUT2D eigenvalue weighted by Gasteiger charge is -2.49. The number of anilines is 1. The summed E-state index contributed by atoms with van der Waals surface area (Å²) in [6, 6.07) is 5.82. The Morgan fingerprint density at radius 2 is 2.00 bits per heavy atom. The van der Waals surface area contributed by atoms with Gasteiger partial charge >= 0.3 is 6.18 Å². The smallest absolute Gasteiger partial charge is 0.394 e. The molecule has 6 rings (SSSR count). The molecule has 3 aliphatic heterocycles. The molecule has 40 heavy (non-hydrogen) atoms. The third-order valence-electron chi connectivity index (χ3n) is 7.41. The third-order valence-corrected chi connectivity index (χ3v) is 7.41. The van der Waals surface area contributed by atoms with E-state index in [0.717, 1.165) is 47.5 Å². The minimum absolute atomic E-state index is 0.0297. The van der Waals surface area contributed by atoms with Crippen LogP contribution in [0.15, 0.2) is 60.5 Å². The van der Waals surface area contributed by atoms with Crippen LogP contribution in [0, 0.1) is 6.92 Å². The molecule has 3 saturated heterocycles. The third kappa shape index (κ3) is 6.11. The van der Waals surface area contributed by atoms with Crippen molar-refractivity contribution in [3.63, 3.8) is 0 Å². The summed E-state index contributed by atoms with van der Waals surface area (Å²) < 4.78 is 45.1. The number of morpholine rings is 1. The van der Waals surface area contributed by atoms with Crippen LogP contribution in [-0.4, -0.2) is 70.1 Å². The number of hydrogen-bond donors (Lipinski definition) is 3. The highest BCUT2D eigenvalue weighted by atomic mass is 19.4. The van der Waals surface area contributed by atoms with E-state index in [1.54, 1.807) is 12.1 Å². The summed E-state index contributed by atoms with van der Waals surface area (Å²) in [6.07, 6.45) is 2.27. The van der Waals surface area contributed by atoms with Crippen molar-refractivity contribution >= 4 is 17.2 Å². The molecule has 11 heteroatoms. The number of alkyl halides is 3. The molecular weight excluding hydrogens is 523 g/mol. The van der Waals surface area contributed by atoms with Crippen LogP contribution in [0.2, 0.25) is 0 Å². The topological polar surface area (TPSA) is 99.6 Å². The number of aliphatic hydroxyl groups excluding tert-OH is 1. The highest BCUT2D eigenvalue weighted by Crippen LogP contribution is 2.36. The lowest BCUT2D eigenvalue weighted by molar-refractivity contribution is -0.183. The number of nitrogens with zero attached hydrogens (tertiary/aromatic N) is 3. The summed E-state index contributed by atoms with van der Waals surface area (Å²) in [5, 5.41) is 22.6. The van der Waals surface area contributed by atoms with Gasteiger partial charge < -0.3 is 20.5 Å². The van der Waals surface area contributed by atoms with Gasteiger partial charge in [-0.3, -0.25) is 9.69 Å². The quantitative estimate of drug-likeness (QED) is 0.443. The fourth-order valence-electron chi connectivity index (χ4n) is 5.36. The Hall–Kier alpha value is -3.54. The zero-order chi connectivity index (χ0) is 28.6. The van der Waals surface area contributed by atoms with Crippen molar-refractivity contribution in [3.8, 4) is 0 Å². The number of hydrogen-bond acceptors (Lipinski definition) is 7. The maximum absolute atomic E-state index is 13.1. The summed E-state index contributed by atoms with van der Waals surface area (Å²) in [5.74, 6) is -0.795. The van der Waals surface area contributed by atoms with Gasteiger partial charge in [0.05, 0.1) is 36.6 Å². The molecule has 2 aromatic rings. The average molecular weight is 556 g/mol. The van der Waals surface area contributed by atoms with Gasteiger partial charge in [-0.1, -0.05) is 24.3 Å². The van der Waals surface area contributed by atoms with Crippen LogP contribution >= 0.6 is 0 Å². The molecule has 4 aliphatic rings. The fourth-order valence-corrected chi connectivity index (χ4v) is 5.36. The molecular formula is C29H32F3N5O3. The minimum atomic E-state index is -4.64. The number of ether oxygens (including phenoxy) is 1. The minimum Gasteiger partial charge on any atom is -0.394 e. The van der Waals surface area contributed by atoms with Crippen molar-refractivity contribution in [2.45, 2.75) is 57.2 Å². The molecule has 0 radical (unpaired) electrons. The first-order valence-corrected chi connectivity index (χ1v) is 13.2. The van der Waals surface area contributed by atoms with Crippen LogP contribution in [0.4, 0.5) is 18.9 Å². The van der Waals surface area contributed by atoms with Gasteiger partial charge in [-0.2, -0.15) is 18.3 Å². The number of benzene rings is 1. The molecule has 0 spiro atoms. The number of nitrogens with one attached hydrogen (secondary N) is 2. The molecule has 3 fully saturated rings. The zero-order valence-electron chi connectivity index (χ0n) is 22.3. The van der Waals surface area contributed by atoms with E-state index in [4.69, 9.17) is 4.74 Å². The fraction of sp³-hybridized carbons (Fsp3) is 0.414. The second-order valence-electron chi connectivity index (χ2n) is 10.7. The van der Waals surface area contributed by atoms with E-state index >= 15 is 0 Å². The van der Waals surface area contributed by atoms with E-state index in [1.165, 1.54) is 0 Å². The number of halogens is 3. The number of carbonyl (C=O) groups excluding carboxylic acids is 1. The number of fused-ring (bicyclic) bond motifs is 2. The predicted molar refractivity (Wildman–Crippen MR) is 144 cm³/mol. The number of allylic oxidation sites excluding steroid dienone is 3. The van der Waals surface area contributed by atoms with Crippen molar-refractivity contribution in [2.75, 3.05) is 25.0 Å². The predicted octanol–water partition coefficient (Wildman–Crippen LogP) is 4.10. The molecule has 8 nitrogen and oxygen atoms in total. The zero-order valence-corrected chi connectivity index (χ0v) is 22.3. The number of aromatic nitrogens is 2. The number of piperidine rings is 1. The number of rotatable bonds is 7. The Morgan fingerprint density at radius 1 is 1.27 bits per heavy atom. The Balaban J connectivity index is 1.46. The molecule has 1 amide bonds. The number of amides is 1. The highest BCUT2D eigenvalue weighted by molar-refractivity contribution is 6.03. The molecule has 0 saturated carbocycles. The molecule has 3 N–H and O–H groups in total. The van der Waals surface area contributed by atoms with Gasteiger partial charge in [0.15, 0.2) is 5.69 Å². The van der Waals surface area contributed by atoms with Crippen LogP contribution in [0.25, 0.3) is 5.57 Å². The maximum atomic E-state index is 13.1. The summed E-state index contributed by atoms with van der Waals surface area (Å²) in [5.41, 5.74) is 3.56. The summed E-state index contributed by atoms with van der Waals surface area (Å²) in [7, 11) is 0. The number of aliphatic hydroxyl groups is 1. The molecule has 2 bridgehead atoms. The van der Waals surface area contributed by atoms with Crippen molar-refractivity contribution in [3.05, 3.63) is 82.8 Å². The van der Waals surface area contributed by atoms with Crippen LogP contribution in [0.1, 0.15) is 46.9 Å². The van der Waals surface area contributed by atoms with Gasteiger partial charge in [-0.05, 0) is 54.8 Å². The molecule has 4 atom stereocenters. The van der Waals surface area contributed by atoms with Gasteiger partial charge in [0, 0.05) is 43.4 Å². The SMILES string of the molecule is C=C1CC(N[C@H](C)CO)=CC(c2cc(NC(=O)c3cc(C(F)(F)F)cnn3)ccc2C)=CC1N1CC2CC(C1)O2. The van der Waals surface area contributed by atoms with E-state index in [-0.39, 0.29) is 30.9 Å². The van der Waals surface area contributed by atoms with E-state index in [1.807, 2.05) is 26.0 Å². The summed E-state index contributed by atoms with van der Waals surface area (Å²) in [6.45, 7) is 9.84. The van der Waals surface area contributed by atoms with Crippen molar-refractivity contribution in [2.24, 2.45) is 0 Å². The number of carbonyl (C=O) groups is 1. The van der Waals surface area contributed by atoms with Gasteiger partial charge in [0.2, 0.25) is 0 Å². The number of aryl methyl sites for hydroxylation is 1. The first-order valence-electron chi connectivity index (χ1n) is 13.2. The second kappa shape index (κ2) is 11.1. The highest BCUT2D eigenvalue weighted by Gasteiger charge is 2.41. The normalized spacial score (nSPS) is 23.9. The Labute approximate surface area is 230 Å². The molecule has 1 aliphatic carbocycles. The van der Waals surface area contributed by atoms with Crippen molar-refractivity contribution in [1.82, 2.24) is 20.4 Å². The van der Waals surface area contributed by atoms with Crippen LogP contribution in [0.3, 0.4) is 0 Å². The van der Waals surface area contributed by atoms with Crippen molar-refractivity contribution < 1.29 is 27.8 Å². The lowest BCUT2D eigenvalue weighted by atomic mass is 9.93. The molecule has 212 valence electrons. The van der Waals surface area contributed by atoms with Gasteiger partial charge in [0.1, 0.15) is 0 Å². The molecule has 1 aromatic heterocycles. The summed E-state index contributed by atoms with van der Waals surface area (Å²) in [4.78, 5) is 15.2. The van der Waals surface area contributed by atoms with Crippen LogP contribution in [0.5, 0.6) is 0 Å². The molecule has 3 unspecified atom stereocenters. The van der Waals surface area contributed by atoms with Crippen LogP contribution in [-0.2, 0) is 10.9 Å². The maximum Gasteiger partial charge on any atom is 0.418 e. The van der Waals surface area contributed by atoms with E-state index < -0.39 is 23.3 Å². The standard InChI is InChI=1S/C29H32F3N5O3/c1-16-4-5-21(35-28(39)26-9-20(12-33-36-26)29(30,31)32)10-25(16)19-7-22(34-18(3)15-38)6-17(2)27(8-19)37-13-23-11-24(14-37)40-23/h4-5,7-10,12,18,23-24,27,34,38H,2,6,11,13-15H2,1,3H3,(H,35,39)/t18-,23?,24?,27?/m1/s1. The van der Waals surface area contributed by atoms with E-state index in [0.29, 0.717) is 24.4 Å². The first kappa shape index (κ1) is 28.0. The largest absolute Gasteiger partial charge is 0.418 e. The summed E-state index contributed by atoms with van der Waals surface area (Å²) >= 11 is 0. The lowest BCUT2D eigenvalue weighted by Crippen LogP contribution is -2.59. The van der Waals surface area contributed by atoms with Gasteiger partial charge in [0.25, 0.3) is 5.91 Å². The molecule has 4 heterocycles. The Kier molecular flexibility index (Phi) is 7.80. The van der Waals surface area contributed by atoms with Crippen molar-refractivity contribution in [1.29, 1.82) is 0 Å². The average Bonchev–Trinajstić information content (AvgIpc) is 3.07. The Bertz CT molecular complexity index is 1360. The first-order chi connectivity index (χ1) is 19.0. The van der Waals surface area contributed by atoms with Gasteiger partial charge in [-0.25, -0.2) is 0 Å².